The lowest BCUT2D eigenvalue weighted by Crippen LogP contribution is -2.27. The molecule has 6 rings (SSSR count). The molecule has 2 atom stereocenters. The fourth-order valence-corrected chi connectivity index (χ4v) is 5.81. The number of aliphatic hydroxyl groups excluding tert-OH is 1. The first-order valence-corrected chi connectivity index (χ1v) is 15.2. The highest BCUT2D eigenvalue weighted by Crippen LogP contribution is 2.37. The van der Waals surface area contributed by atoms with Crippen molar-refractivity contribution in [2.75, 3.05) is 11.9 Å². The third kappa shape index (κ3) is 6.28. The van der Waals surface area contributed by atoms with Crippen molar-refractivity contribution in [3.63, 3.8) is 0 Å². The molecule has 5 aromatic rings. The summed E-state index contributed by atoms with van der Waals surface area (Å²) in [7, 11) is 0. The van der Waals surface area contributed by atoms with E-state index < -0.39 is 30.1 Å². The van der Waals surface area contributed by atoms with E-state index >= 15 is 0 Å². The predicted octanol–water partition coefficient (Wildman–Crippen LogP) is 6.29. The van der Waals surface area contributed by atoms with Gasteiger partial charge in [-0.15, -0.1) is 5.10 Å². The Kier molecular flexibility index (Phi) is 8.69. The largest absolute Gasteiger partial charge is 0.390 e. The Labute approximate surface area is 271 Å². The number of anilines is 1. The Hall–Kier alpha value is -4.52. The fourth-order valence-electron chi connectivity index (χ4n) is 5.52. The van der Waals surface area contributed by atoms with E-state index in [2.05, 4.69) is 25.6 Å². The van der Waals surface area contributed by atoms with Crippen LogP contribution in [0.4, 0.5) is 14.5 Å². The van der Waals surface area contributed by atoms with Crippen LogP contribution in [0.2, 0.25) is 10.2 Å². The molecule has 46 heavy (non-hydrogen) atoms. The van der Waals surface area contributed by atoms with Gasteiger partial charge in [0.25, 0.3) is 11.5 Å². The average Bonchev–Trinajstić information content (AvgIpc) is 3.48. The fraction of sp³-hybridized carbons (Fsp3) is 0.250. The monoisotopic (exact) mass is 665 g/mol. The Morgan fingerprint density at radius 2 is 1.85 bits per heavy atom. The molecule has 0 unspecified atom stereocenters. The van der Waals surface area contributed by atoms with Crippen LogP contribution in [0.1, 0.15) is 43.5 Å². The highest BCUT2D eigenvalue weighted by molar-refractivity contribution is 6.31. The van der Waals surface area contributed by atoms with Gasteiger partial charge < -0.3 is 10.4 Å². The van der Waals surface area contributed by atoms with E-state index in [1.54, 1.807) is 43.5 Å². The molecule has 2 N–H and O–H groups in total. The maximum Gasteiger partial charge on any atom is 0.295 e. The Balaban J connectivity index is 1.43. The molecule has 14 heteroatoms. The molecule has 0 fully saturated rings. The lowest BCUT2D eigenvalue weighted by molar-refractivity contribution is -0.119. The topological polar surface area (TPSA) is 128 Å². The number of carbonyl (C=O) groups excluding carboxylic acids is 1. The van der Waals surface area contributed by atoms with Crippen LogP contribution < -0.4 is 10.9 Å². The highest BCUT2D eigenvalue weighted by atomic mass is 35.5. The second-order valence-electron chi connectivity index (χ2n) is 11.1. The molecule has 0 saturated heterocycles. The van der Waals surface area contributed by atoms with Crippen molar-refractivity contribution in [1.29, 1.82) is 0 Å². The minimum Gasteiger partial charge on any atom is -0.390 e. The van der Waals surface area contributed by atoms with E-state index in [1.165, 1.54) is 46.0 Å². The number of pyridine rings is 1. The molecule has 1 amide bonds. The number of carbonyl (C=O) groups is 1. The number of rotatable bonds is 5. The number of aliphatic hydroxyl groups is 1. The number of nitrogens with zero attached hydrogens (tertiary/aromatic N) is 6. The normalized spacial score (nSPS) is 17.0. The summed E-state index contributed by atoms with van der Waals surface area (Å²) >= 11 is 12.3. The van der Waals surface area contributed by atoms with Crippen LogP contribution in [0.15, 0.2) is 78.1 Å². The van der Waals surface area contributed by atoms with Gasteiger partial charge in [-0.2, -0.15) is 8.78 Å². The van der Waals surface area contributed by atoms with Crippen molar-refractivity contribution >= 4 is 34.8 Å². The summed E-state index contributed by atoms with van der Waals surface area (Å²) in [5, 5.41) is 20.5. The maximum absolute atomic E-state index is 14.4. The van der Waals surface area contributed by atoms with E-state index in [-0.39, 0.29) is 22.3 Å². The number of hydrogen-bond donors (Lipinski definition) is 2. The van der Waals surface area contributed by atoms with E-state index in [9.17, 15) is 23.5 Å². The minimum absolute atomic E-state index is 0.186. The number of aromatic nitrogens is 6. The summed E-state index contributed by atoms with van der Waals surface area (Å²) in [6.07, 6.45) is 6.05. The van der Waals surface area contributed by atoms with Crippen LogP contribution in [0.5, 0.6) is 0 Å². The van der Waals surface area contributed by atoms with Crippen molar-refractivity contribution in [3.05, 3.63) is 105 Å². The molecule has 0 saturated carbocycles. The number of fused-ring (bicyclic) bond motifs is 4. The molecule has 2 bridgehead atoms. The van der Waals surface area contributed by atoms with Crippen LogP contribution >= 0.6 is 23.2 Å². The van der Waals surface area contributed by atoms with Crippen LogP contribution in [0, 0.1) is 5.92 Å². The first kappa shape index (κ1) is 31.5. The highest BCUT2D eigenvalue weighted by Gasteiger charge is 2.32. The van der Waals surface area contributed by atoms with Gasteiger partial charge in [0.05, 0.1) is 35.6 Å². The molecule has 0 aliphatic carbocycles. The average molecular weight is 667 g/mol. The smallest absolute Gasteiger partial charge is 0.295 e. The molecular weight excluding hydrogens is 639 g/mol. The zero-order chi connectivity index (χ0) is 32.6. The lowest BCUT2D eigenvalue weighted by atomic mass is 9.94. The van der Waals surface area contributed by atoms with Gasteiger partial charge in [-0.05, 0) is 54.8 Å². The standard InChI is InChI=1S/C32H27Cl2F2N7O3/c1-18-3-2-4-28(26-11-19(9-10-37-26)22-7-5-20(32(35,36)16-44)12-25(22)39-31(18)46)42-17-38-24(14-30(42)45)23-13-21(33)6-8-27(23)43-15-29(34)40-41-43/h5-15,17-18,28,44H,2-4,16H2,1H3,(H,39,46)/t18-,28+/m1/s1. The summed E-state index contributed by atoms with van der Waals surface area (Å²) in [4.78, 5) is 36.1. The van der Waals surface area contributed by atoms with Gasteiger partial charge in [0.2, 0.25) is 5.91 Å². The third-order valence-electron chi connectivity index (χ3n) is 8.01. The molecule has 236 valence electrons. The van der Waals surface area contributed by atoms with Crippen LogP contribution in [0.25, 0.3) is 28.1 Å². The molecule has 2 aromatic carbocycles. The third-order valence-corrected chi connectivity index (χ3v) is 8.42. The molecule has 1 aliphatic heterocycles. The second kappa shape index (κ2) is 12.7. The SMILES string of the molecule is C[C@@H]1CCC[C@H](n2cnc(-c3cc(Cl)ccc3-n3cc(Cl)nn3)cc2=O)c2cc(ccn2)-c2ccc(C(F)(F)CO)cc2NC1=O. The summed E-state index contributed by atoms with van der Waals surface area (Å²) in [5.74, 6) is -4.27. The molecule has 3 aromatic heterocycles. The molecule has 10 nitrogen and oxygen atoms in total. The Morgan fingerprint density at radius 3 is 2.59 bits per heavy atom. The summed E-state index contributed by atoms with van der Waals surface area (Å²) in [6, 6.07) is 13.3. The van der Waals surface area contributed by atoms with Crippen LogP contribution in [-0.2, 0) is 10.7 Å². The van der Waals surface area contributed by atoms with E-state index in [1.807, 2.05) is 0 Å². The molecule has 0 spiro atoms. The van der Waals surface area contributed by atoms with Gasteiger partial charge in [0.1, 0.15) is 6.61 Å². The van der Waals surface area contributed by atoms with Crippen molar-refractivity contribution in [2.24, 2.45) is 5.92 Å². The van der Waals surface area contributed by atoms with E-state index in [0.29, 0.717) is 58.1 Å². The molecule has 4 heterocycles. The molecule has 0 radical (unpaired) electrons. The maximum atomic E-state index is 14.4. The van der Waals surface area contributed by atoms with Gasteiger partial charge >= 0.3 is 0 Å². The Morgan fingerprint density at radius 1 is 1.02 bits per heavy atom. The lowest BCUT2D eigenvalue weighted by Gasteiger charge is -2.23. The number of alkyl halides is 2. The number of benzene rings is 2. The molecular formula is C32H27Cl2F2N7O3. The van der Waals surface area contributed by atoms with Gasteiger partial charge in [0.15, 0.2) is 5.15 Å². The molecule has 1 aliphatic rings. The van der Waals surface area contributed by atoms with Gasteiger partial charge in [0, 0.05) is 45.6 Å². The van der Waals surface area contributed by atoms with Crippen molar-refractivity contribution < 1.29 is 18.7 Å². The minimum atomic E-state index is -3.49. The Bertz CT molecular complexity index is 2000. The van der Waals surface area contributed by atoms with Gasteiger partial charge in [-0.25, -0.2) is 9.67 Å². The predicted molar refractivity (Wildman–Crippen MR) is 169 cm³/mol. The number of nitrogens with one attached hydrogen (secondary N) is 1. The van der Waals surface area contributed by atoms with E-state index in [0.717, 1.165) is 0 Å². The first-order valence-electron chi connectivity index (χ1n) is 14.4. The summed E-state index contributed by atoms with van der Waals surface area (Å²) < 4.78 is 31.8. The number of amides is 1. The van der Waals surface area contributed by atoms with Gasteiger partial charge in [-0.1, -0.05) is 53.9 Å². The number of halogens is 4. The van der Waals surface area contributed by atoms with Crippen molar-refractivity contribution in [2.45, 2.75) is 38.2 Å². The summed E-state index contributed by atoms with van der Waals surface area (Å²) in [6.45, 7) is 0.388. The van der Waals surface area contributed by atoms with Crippen molar-refractivity contribution in [1.82, 2.24) is 29.5 Å². The summed E-state index contributed by atoms with van der Waals surface area (Å²) in [5.41, 5.74) is 2.53. The van der Waals surface area contributed by atoms with Gasteiger partial charge in [-0.3, -0.25) is 19.1 Å². The zero-order valence-corrected chi connectivity index (χ0v) is 25.9. The van der Waals surface area contributed by atoms with Crippen molar-refractivity contribution in [3.8, 4) is 28.1 Å². The first-order chi connectivity index (χ1) is 22.0. The number of hydrogen-bond acceptors (Lipinski definition) is 7. The van der Waals surface area contributed by atoms with E-state index in [4.69, 9.17) is 23.2 Å². The zero-order valence-electron chi connectivity index (χ0n) is 24.4. The second-order valence-corrected chi connectivity index (χ2v) is 11.9. The van der Waals surface area contributed by atoms with Crippen LogP contribution in [-0.4, -0.2) is 47.1 Å². The quantitative estimate of drug-likeness (QED) is 0.226. The van der Waals surface area contributed by atoms with Crippen LogP contribution in [0.3, 0.4) is 0 Å².